The van der Waals surface area contributed by atoms with E-state index >= 15 is 0 Å². The van der Waals surface area contributed by atoms with E-state index in [0.717, 1.165) is 23.1 Å². The van der Waals surface area contributed by atoms with Gasteiger partial charge in [-0.05, 0) is 51.3 Å². The van der Waals surface area contributed by atoms with Crippen LogP contribution in [0.3, 0.4) is 0 Å². The van der Waals surface area contributed by atoms with Crippen molar-refractivity contribution in [2.75, 3.05) is 32.1 Å². The number of carbonyl (C=O) groups excluding carboxylic acids is 1. The molecule has 2 aromatic heterocycles. The van der Waals surface area contributed by atoms with Crippen molar-refractivity contribution in [2.24, 2.45) is 0 Å². The molecule has 4 rings (SSSR count). The van der Waals surface area contributed by atoms with Crippen LogP contribution >= 0.6 is 46.7 Å². The molecular formula is C21H20Cl2FN3OS2. The lowest BCUT2D eigenvalue weighted by Gasteiger charge is -2.20. The molecule has 0 bridgehead atoms. The summed E-state index contributed by atoms with van der Waals surface area (Å²) in [7, 11) is 3.99. The zero-order valence-corrected chi connectivity index (χ0v) is 19.6. The van der Waals surface area contributed by atoms with Crippen LogP contribution in [0.5, 0.6) is 0 Å². The molecule has 158 valence electrons. The van der Waals surface area contributed by atoms with Crippen molar-refractivity contribution in [3.8, 4) is 0 Å². The Morgan fingerprint density at radius 3 is 2.60 bits per heavy atom. The molecule has 0 fully saturated rings. The Morgan fingerprint density at radius 2 is 1.87 bits per heavy atom. The first kappa shape index (κ1) is 22.9. The summed E-state index contributed by atoms with van der Waals surface area (Å²) in [5, 5.41) is 1.91. The summed E-state index contributed by atoms with van der Waals surface area (Å²) in [6.07, 6.45) is 0.783. The number of halogens is 3. The molecule has 0 unspecified atom stereocenters. The largest absolute Gasteiger partial charge is 0.309 e. The van der Waals surface area contributed by atoms with Crippen molar-refractivity contribution in [2.45, 2.75) is 6.42 Å². The quantitative estimate of drug-likeness (QED) is 0.321. The molecule has 0 N–H and O–H groups in total. The Hall–Kier alpha value is -1.77. The van der Waals surface area contributed by atoms with Gasteiger partial charge in [0.15, 0.2) is 5.13 Å². The van der Waals surface area contributed by atoms with Crippen LogP contribution in [0, 0.1) is 5.82 Å². The number of rotatable bonds is 6. The smallest absolute Gasteiger partial charge is 0.271 e. The Labute approximate surface area is 193 Å². The average molecular weight is 484 g/mol. The molecule has 0 radical (unpaired) electrons. The first-order valence-corrected chi connectivity index (χ1v) is 11.1. The van der Waals surface area contributed by atoms with E-state index in [4.69, 9.17) is 11.6 Å². The second-order valence-corrected chi connectivity index (χ2v) is 9.40. The fourth-order valence-corrected chi connectivity index (χ4v) is 5.58. The van der Waals surface area contributed by atoms with Crippen LogP contribution in [0.15, 0.2) is 42.5 Å². The average Bonchev–Trinajstić information content (AvgIpc) is 3.25. The fourth-order valence-electron chi connectivity index (χ4n) is 3.11. The third-order valence-corrected chi connectivity index (χ3v) is 7.24. The number of benzene rings is 2. The van der Waals surface area contributed by atoms with Crippen LogP contribution in [0.2, 0.25) is 5.02 Å². The summed E-state index contributed by atoms with van der Waals surface area (Å²) in [5.41, 5.74) is 0.680. The molecule has 4 nitrogen and oxygen atoms in total. The summed E-state index contributed by atoms with van der Waals surface area (Å²) in [4.78, 5) is 22.3. The van der Waals surface area contributed by atoms with Gasteiger partial charge in [0.1, 0.15) is 10.7 Å². The number of thiazole rings is 1. The minimum absolute atomic E-state index is 0. The maximum atomic E-state index is 13.6. The number of carbonyl (C=O) groups is 1. The van der Waals surface area contributed by atoms with E-state index < -0.39 is 0 Å². The van der Waals surface area contributed by atoms with Crippen molar-refractivity contribution in [1.82, 2.24) is 9.88 Å². The van der Waals surface area contributed by atoms with Crippen LogP contribution < -0.4 is 4.90 Å². The highest BCUT2D eigenvalue weighted by atomic mass is 35.5. The third-order valence-electron chi connectivity index (χ3n) is 4.53. The number of hydrogen-bond donors (Lipinski definition) is 0. The zero-order chi connectivity index (χ0) is 20.5. The summed E-state index contributed by atoms with van der Waals surface area (Å²) in [6, 6.07) is 12.2. The summed E-state index contributed by atoms with van der Waals surface area (Å²) in [6.45, 7) is 1.34. The van der Waals surface area contributed by atoms with E-state index in [1.807, 2.05) is 38.4 Å². The lowest BCUT2D eigenvalue weighted by molar-refractivity contribution is 0.0990. The van der Waals surface area contributed by atoms with E-state index in [-0.39, 0.29) is 24.1 Å². The second-order valence-electron chi connectivity index (χ2n) is 6.96. The van der Waals surface area contributed by atoms with E-state index in [2.05, 4.69) is 9.88 Å². The standard InChI is InChI=1S/C21H19ClFN3OS2.ClH/c1-25(2)10-5-11-26(21-24-15-9-8-13(23)12-17(15)29-21)20(27)19-18(22)14-6-3-4-7-16(14)28-19;/h3-4,6-9,12H,5,10-11H2,1-2H3;1H. The highest BCUT2D eigenvalue weighted by molar-refractivity contribution is 7.23. The Kier molecular flexibility index (Phi) is 7.31. The van der Waals surface area contributed by atoms with E-state index in [0.29, 0.717) is 31.8 Å². The summed E-state index contributed by atoms with van der Waals surface area (Å²) >= 11 is 9.26. The van der Waals surface area contributed by atoms with Crippen molar-refractivity contribution < 1.29 is 9.18 Å². The number of anilines is 1. The van der Waals surface area contributed by atoms with Gasteiger partial charge in [0, 0.05) is 16.6 Å². The Balaban J connectivity index is 0.00000256. The second kappa shape index (κ2) is 9.58. The van der Waals surface area contributed by atoms with Gasteiger partial charge in [-0.15, -0.1) is 23.7 Å². The molecule has 0 saturated heterocycles. The number of hydrogen-bond acceptors (Lipinski definition) is 5. The number of thiophene rings is 1. The molecule has 2 heterocycles. The highest BCUT2D eigenvalue weighted by Crippen LogP contribution is 2.38. The van der Waals surface area contributed by atoms with Crippen molar-refractivity contribution in [3.05, 3.63) is 58.2 Å². The van der Waals surface area contributed by atoms with Gasteiger partial charge < -0.3 is 4.90 Å². The minimum Gasteiger partial charge on any atom is -0.309 e. The van der Waals surface area contributed by atoms with Crippen LogP contribution in [0.1, 0.15) is 16.1 Å². The summed E-state index contributed by atoms with van der Waals surface area (Å²) in [5.74, 6) is -0.486. The van der Waals surface area contributed by atoms with Gasteiger partial charge in [0.25, 0.3) is 5.91 Å². The van der Waals surface area contributed by atoms with Crippen LogP contribution in [-0.2, 0) is 0 Å². The van der Waals surface area contributed by atoms with Crippen LogP contribution in [0.4, 0.5) is 9.52 Å². The first-order valence-electron chi connectivity index (χ1n) is 9.14. The molecule has 0 saturated carbocycles. The Morgan fingerprint density at radius 1 is 1.10 bits per heavy atom. The predicted molar refractivity (Wildman–Crippen MR) is 129 cm³/mol. The SMILES string of the molecule is CN(C)CCCN(C(=O)c1sc2ccccc2c1Cl)c1nc2ccc(F)cc2s1.Cl. The van der Waals surface area contributed by atoms with Crippen molar-refractivity contribution in [1.29, 1.82) is 0 Å². The minimum atomic E-state index is -0.314. The highest BCUT2D eigenvalue weighted by Gasteiger charge is 2.26. The number of amides is 1. The molecule has 2 aromatic carbocycles. The monoisotopic (exact) mass is 483 g/mol. The Bertz CT molecular complexity index is 1190. The maximum absolute atomic E-state index is 13.6. The topological polar surface area (TPSA) is 36.4 Å². The predicted octanol–water partition coefficient (Wildman–Crippen LogP) is 6.32. The molecule has 0 atom stereocenters. The molecule has 0 aliphatic heterocycles. The van der Waals surface area contributed by atoms with E-state index in [1.54, 1.807) is 11.0 Å². The lowest BCUT2D eigenvalue weighted by atomic mass is 10.2. The number of nitrogens with zero attached hydrogens (tertiary/aromatic N) is 3. The number of aromatic nitrogens is 1. The fraction of sp³-hybridized carbons (Fsp3) is 0.238. The first-order chi connectivity index (χ1) is 13.9. The van der Waals surface area contributed by atoms with Crippen molar-refractivity contribution >= 4 is 78.0 Å². The molecule has 4 aromatic rings. The van der Waals surface area contributed by atoms with E-state index in [9.17, 15) is 9.18 Å². The van der Waals surface area contributed by atoms with Gasteiger partial charge >= 0.3 is 0 Å². The van der Waals surface area contributed by atoms with Crippen LogP contribution in [0.25, 0.3) is 20.3 Å². The maximum Gasteiger partial charge on any atom is 0.271 e. The normalized spacial score (nSPS) is 11.2. The molecule has 9 heteroatoms. The molecule has 0 aliphatic carbocycles. The summed E-state index contributed by atoms with van der Waals surface area (Å²) < 4.78 is 15.3. The van der Waals surface area contributed by atoms with Gasteiger partial charge in [-0.25, -0.2) is 9.37 Å². The molecule has 0 spiro atoms. The number of fused-ring (bicyclic) bond motifs is 2. The lowest BCUT2D eigenvalue weighted by Crippen LogP contribution is -2.33. The van der Waals surface area contributed by atoms with Crippen molar-refractivity contribution in [3.63, 3.8) is 0 Å². The molecule has 1 amide bonds. The third kappa shape index (κ3) is 4.60. The molecule has 30 heavy (non-hydrogen) atoms. The van der Waals surface area contributed by atoms with Crippen LogP contribution in [-0.4, -0.2) is 43.0 Å². The zero-order valence-electron chi connectivity index (χ0n) is 16.4. The van der Waals surface area contributed by atoms with Gasteiger partial charge in [0.05, 0.1) is 15.2 Å². The van der Waals surface area contributed by atoms with Gasteiger partial charge in [-0.3, -0.25) is 9.69 Å². The van der Waals surface area contributed by atoms with Gasteiger partial charge in [-0.2, -0.15) is 0 Å². The van der Waals surface area contributed by atoms with Gasteiger partial charge in [0.2, 0.25) is 0 Å². The molecular weight excluding hydrogens is 464 g/mol. The molecule has 0 aliphatic rings. The van der Waals surface area contributed by atoms with E-state index in [1.165, 1.54) is 34.8 Å². The van der Waals surface area contributed by atoms with Gasteiger partial charge in [-0.1, -0.05) is 41.1 Å².